The van der Waals surface area contributed by atoms with Gasteiger partial charge in [-0.15, -0.1) is 5.16 Å². The number of hydrazone groups is 1. The lowest BCUT2D eigenvalue weighted by atomic mass is 9.93. The molecule has 1 aromatic carbocycles. The summed E-state index contributed by atoms with van der Waals surface area (Å²) >= 11 is 0. The third-order valence-corrected chi connectivity index (χ3v) is 9.13. The van der Waals surface area contributed by atoms with Crippen LogP contribution in [0.15, 0.2) is 75.7 Å². The lowest BCUT2D eigenvalue weighted by Gasteiger charge is -2.27. The molecule has 20 heteroatoms. The van der Waals surface area contributed by atoms with Gasteiger partial charge in [-0.05, 0) is 107 Å². The summed E-state index contributed by atoms with van der Waals surface area (Å²) in [5.41, 5.74) is 0.730. The third-order valence-electron chi connectivity index (χ3n) is 9.13. The minimum atomic E-state index is -0.447. The van der Waals surface area contributed by atoms with Crippen LogP contribution in [0.5, 0.6) is 0 Å². The molecule has 2 aliphatic heterocycles. The van der Waals surface area contributed by atoms with Gasteiger partial charge in [0.1, 0.15) is 20.2 Å². The maximum atomic E-state index is 11.8. The summed E-state index contributed by atoms with van der Waals surface area (Å²) in [6.45, 7) is 46.1. The van der Waals surface area contributed by atoms with E-state index < -0.39 is 6.03 Å². The van der Waals surface area contributed by atoms with E-state index in [1.54, 1.807) is 45.2 Å². The Hall–Kier alpha value is -6.57. The minimum absolute atomic E-state index is 0.0298. The topological polar surface area (TPSA) is 262 Å². The molecule has 1 aromatic rings. The van der Waals surface area contributed by atoms with E-state index >= 15 is 0 Å². The van der Waals surface area contributed by atoms with E-state index in [9.17, 15) is 28.8 Å². The number of carbonyl (C=O) groups is 6. The van der Waals surface area contributed by atoms with Gasteiger partial charge in [0.05, 0.1) is 19.6 Å². The number of Topliss-reactive ketones (excluding diaryl/α,β-unsaturated/α-hetero) is 4. The number of urea groups is 1. The van der Waals surface area contributed by atoms with Crippen LogP contribution in [0.1, 0.15) is 169 Å². The highest BCUT2D eigenvalue weighted by Crippen LogP contribution is 2.17. The van der Waals surface area contributed by atoms with Crippen LogP contribution >= 0.6 is 0 Å². The summed E-state index contributed by atoms with van der Waals surface area (Å²) in [5, 5.41) is 21.2. The van der Waals surface area contributed by atoms with Crippen LogP contribution in [0.2, 0.25) is 0 Å². The minimum Gasteiger partial charge on any atom is -0.411 e. The molecule has 2 N–H and O–H groups in total. The van der Waals surface area contributed by atoms with E-state index in [4.69, 9.17) is 5.21 Å². The highest BCUT2D eigenvalue weighted by atomic mass is 16.6. The molecule has 0 aromatic heterocycles. The number of benzene rings is 1. The van der Waals surface area contributed by atoms with Gasteiger partial charge < -0.3 is 19.9 Å². The number of amides is 3. The normalized spacial score (nSPS) is 13.7. The lowest BCUT2D eigenvalue weighted by molar-refractivity contribution is -0.122. The summed E-state index contributed by atoms with van der Waals surface area (Å²) in [6, 6.07) is 8.80. The number of rotatable bonds is 22. The van der Waals surface area contributed by atoms with E-state index in [2.05, 4.69) is 109 Å². The van der Waals surface area contributed by atoms with E-state index in [0.717, 1.165) is 43.0 Å². The first-order chi connectivity index (χ1) is 39.7. The summed E-state index contributed by atoms with van der Waals surface area (Å²) in [4.78, 5) is 96.0. The Morgan fingerprint density at radius 3 is 1.25 bits per heavy atom. The standard InChI is InChI=1S/C12H22N2O.C12H15NO.C7H11N3O2.2C7H13NO.C6H13N.C5H11NO.C5H11N.C4H9NO/c1-10(2)8-13-9-12(15)11-4-6-14(3)7-5-11;1-10(2)8-13-9-12(14)11-6-4-3-5-7-11;1-5(2)3-8-10-4-6(11)9-7(10)12;2*1-6(2)4-8-5-7(3)9;1-4-7-5-6(2)3;1-5(2)4-6-7-3;1-5(2)4-6-3;1-4(2)3-5-6/h8,10-11H,4-7,9H2,1-3H3;3-8,10H,9H2,1-2H3;3,5H,4H2,1-2H3,(H,9,11,12);2*4,6H,5H2,1-3H3;5-6H,4H2,1-3H3;4-5H,1-3H3;4-5H,1-3H3;3-4,6H,1-2H3/b;;8-3+;;;;6-4+;;5-3+. The van der Waals surface area contributed by atoms with Crippen LogP contribution in [-0.4, -0.2) is 180 Å². The number of oxime groups is 2. The maximum absolute atomic E-state index is 11.8. The first-order valence-corrected chi connectivity index (χ1v) is 29.8. The molecule has 0 aliphatic carbocycles. The number of likely N-dealkylation sites (tertiary alicyclic amines) is 1. The van der Waals surface area contributed by atoms with Crippen molar-refractivity contribution in [2.45, 2.75) is 158 Å². The largest absolute Gasteiger partial charge is 0.411 e. The van der Waals surface area contributed by atoms with Gasteiger partial charge in [-0.2, -0.15) is 5.10 Å². The average Bonchev–Trinajstić information content (AvgIpc) is 3.95. The smallest absolute Gasteiger partial charge is 0.344 e. The van der Waals surface area contributed by atoms with Crippen molar-refractivity contribution in [2.75, 3.05) is 73.6 Å². The van der Waals surface area contributed by atoms with Gasteiger partial charge in [0.2, 0.25) is 5.91 Å². The molecule has 2 aliphatic rings. The van der Waals surface area contributed by atoms with Gasteiger partial charge in [0.15, 0.2) is 23.1 Å². The second-order valence-electron chi connectivity index (χ2n) is 22.8. The molecule has 0 bridgehead atoms. The van der Waals surface area contributed by atoms with Crippen LogP contribution < -0.4 is 5.32 Å². The molecule has 2 fully saturated rings. The summed E-state index contributed by atoms with van der Waals surface area (Å²) in [6.07, 6.45) is 18.0. The molecule has 486 valence electrons. The van der Waals surface area contributed by atoms with Crippen molar-refractivity contribution in [1.82, 2.24) is 15.2 Å². The van der Waals surface area contributed by atoms with Crippen molar-refractivity contribution in [2.24, 2.45) is 105 Å². The number of nitrogens with zero attached hydrogens (tertiary/aromatic N) is 11. The molecule has 85 heavy (non-hydrogen) atoms. The average molecular weight is 1200 g/mol. The number of aliphatic imine (C=N–C) groups is 6. The molecule has 2 saturated heterocycles. The molecule has 3 amide bonds. The van der Waals surface area contributed by atoms with Gasteiger partial charge >= 0.3 is 6.03 Å². The molecule has 2 heterocycles. The number of ketones is 4. The highest BCUT2D eigenvalue weighted by Gasteiger charge is 2.26. The van der Waals surface area contributed by atoms with Gasteiger partial charge in [0.25, 0.3) is 0 Å². The zero-order valence-electron chi connectivity index (χ0n) is 57.2. The van der Waals surface area contributed by atoms with E-state index in [-0.39, 0.29) is 48.2 Å². The second kappa shape index (κ2) is 62.0. The maximum Gasteiger partial charge on any atom is 0.344 e. The number of hydrogen-bond donors (Lipinski definition) is 2. The quantitative estimate of drug-likeness (QED) is 0.0367. The first kappa shape index (κ1) is 89.6. The van der Waals surface area contributed by atoms with Gasteiger partial charge in [-0.25, -0.2) is 9.80 Å². The monoisotopic (exact) mass is 1190 g/mol. The summed E-state index contributed by atoms with van der Waals surface area (Å²) < 4.78 is 0. The van der Waals surface area contributed by atoms with E-state index in [0.29, 0.717) is 72.8 Å². The van der Waals surface area contributed by atoms with Crippen LogP contribution in [0.25, 0.3) is 0 Å². The predicted molar refractivity (Wildman–Crippen MR) is 362 cm³/mol. The summed E-state index contributed by atoms with van der Waals surface area (Å²) in [7, 11) is 5.44. The first-order valence-electron chi connectivity index (χ1n) is 29.8. The lowest BCUT2D eigenvalue weighted by Crippen LogP contribution is -2.34. The van der Waals surface area contributed by atoms with Crippen molar-refractivity contribution in [3.63, 3.8) is 0 Å². The molecule has 20 nitrogen and oxygen atoms in total. The Bertz CT molecular complexity index is 2040. The molecule has 0 atom stereocenters. The number of piperidine rings is 1. The Labute approximate surface area is 515 Å². The van der Waals surface area contributed by atoms with E-state index in [1.807, 2.05) is 139 Å². The van der Waals surface area contributed by atoms with Crippen LogP contribution in [0.4, 0.5) is 4.79 Å². The van der Waals surface area contributed by atoms with Crippen molar-refractivity contribution in [1.29, 1.82) is 0 Å². The van der Waals surface area contributed by atoms with E-state index in [1.165, 1.54) is 20.1 Å². The molecule has 0 saturated carbocycles. The Balaban J connectivity index is -0.000000211. The van der Waals surface area contributed by atoms with Crippen LogP contribution in [0.3, 0.4) is 0 Å². The predicted octanol–water partition coefficient (Wildman–Crippen LogP) is 12.5. The fourth-order valence-corrected chi connectivity index (χ4v) is 5.33. The number of imide groups is 1. The Morgan fingerprint density at radius 1 is 0.576 bits per heavy atom. The fourth-order valence-electron chi connectivity index (χ4n) is 5.33. The van der Waals surface area contributed by atoms with Crippen LogP contribution in [0, 0.1) is 59.2 Å². The molecule has 0 radical (unpaired) electrons. The third kappa shape index (κ3) is 79.5. The zero-order chi connectivity index (χ0) is 66.7. The van der Waals surface area contributed by atoms with Gasteiger partial charge in [0, 0.05) is 81.0 Å². The molecule has 0 unspecified atom stereocenters. The van der Waals surface area contributed by atoms with Crippen LogP contribution in [-0.2, 0) is 24.0 Å². The van der Waals surface area contributed by atoms with Crippen molar-refractivity contribution in [3.05, 3.63) is 35.9 Å². The molecule has 0 spiro atoms. The van der Waals surface area contributed by atoms with Gasteiger partial charge in [-0.3, -0.25) is 54.3 Å². The Kier molecular flexibility index (Phi) is 65.4. The second-order valence-corrected chi connectivity index (χ2v) is 22.8. The Morgan fingerprint density at radius 2 is 0.965 bits per heavy atom. The van der Waals surface area contributed by atoms with Crippen molar-refractivity contribution < 1.29 is 38.8 Å². The van der Waals surface area contributed by atoms with Gasteiger partial charge in [-0.1, -0.05) is 160 Å². The molecule has 3 rings (SSSR count). The number of nitrogens with one attached hydrogen (secondary N) is 1. The zero-order valence-corrected chi connectivity index (χ0v) is 57.2. The van der Waals surface area contributed by atoms with Crippen molar-refractivity contribution >= 4 is 91.0 Å². The highest BCUT2D eigenvalue weighted by molar-refractivity contribution is 6.02. The molecular formula is C65H118N12O8. The fraction of sp³-hybridized carbons (Fsp3) is 0.677. The number of carbonyl (C=O) groups excluding carboxylic acids is 6. The van der Waals surface area contributed by atoms with Crippen molar-refractivity contribution in [3.8, 4) is 0 Å². The number of hydrogen-bond acceptors (Lipinski definition) is 18. The molecular weight excluding hydrogens is 1080 g/mol. The summed E-state index contributed by atoms with van der Waals surface area (Å²) in [5.74, 6) is 4.65. The SMILES string of the molecule is CC(=O)CN=CC(C)C.CC(=O)CN=CC(C)C.CC(C)/C=N/N1CC(=O)NC1=O.CC(C)/C=N/O.CC(C)C=NCC(=O)C1CCN(C)CC1.CC(C)C=NCC(=O)c1ccccc1.CCN=CC(C)C.CN=CC(C)C.CO/N=C/C(C)C.